The lowest BCUT2D eigenvalue weighted by Gasteiger charge is -2.30. The Balaban J connectivity index is 1.45. The summed E-state index contributed by atoms with van der Waals surface area (Å²) in [5.74, 6) is 0. The molecule has 0 aliphatic carbocycles. The second-order valence-electron chi connectivity index (χ2n) is 13.0. The monoisotopic (exact) mass is 657 g/mol. The fourth-order valence-electron chi connectivity index (χ4n) is 6.97. The fourth-order valence-corrected chi connectivity index (χ4v) is 6.97. The second-order valence-corrected chi connectivity index (χ2v) is 13.0. The first-order chi connectivity index (χ1) is 25.0. The van der Waals surface area contributed by atoms with Crippen LogP contribution >= 0.6 is 0 Å². The standard InChI is InChI=1S/C48H39N3/c1-5-36-19-27-40(28-20-36)49(38-23-15-34(3)16-24-38)42-31-43(50(39-25-17-35(4)18-26-39)41-29-21-37(6-2)22-30-41)33-44(32-42)51-47-13-9-7-11-45(47)46-12-8-10-14-48(46)51/h5-33H,1-2H2,3-4H3. The number of para-hydroxylation sites is 2. The quantitative estimate of drug-likeness (QED) is 0.153. The van der Waals surface area contributed by atoms with Crippen molar-refractivity contribution in [3.63, 3.8) is 0 Å². The van der Waals surface area contributed by atoms with Gasteiger partial charge in [0.2, 0.25) is 0 Å². The molecule has 1 heterocycles. The molecule has 0 radical (unpaired) electrons. The van der Waals surface area contributed by atoms with Crippen molar-refractivity contribution in [2.45, 2.75) is 13.8 Å². The van der Waals surface area contributed by atoms with E-state index in [0.717, 1.165) is 62.0 Å². The van der Waals surface area contributed by atoms with Crippen molar-refractivity contribution in [1.29, 1.82) is 0 Å². The van der Waals surface area contributed by atoms with Gasteiger partial charge in [0.25, 0.3) is 0 Å². The predicted octanol–water partition coefficient (Wildman–Crippen LogP) is 13.6. The van der Waals surface area contributed by atoms with Crippen LogP contribution in [0.2, 0.25) is 0 Å². The first-order valence-electron chi connectivity index (χ1n) is 17.3. The van der Waals surface area contributed by atoms with Crippen LogP contribution in [0.1, 0.15) is 22.3 Å². The predicted molar refractivity (Wildman–Crippen MR) is 220 cm³/mol. The molecule has 246 valence electrons. The third-order valence-electron chi connectivity index (χ3n) is 9.60. The number of rotatable bonds is 9. The first-order valence-corrected chi connectivity index (χ1v) is 17.3. The number of aromatic nitrogens is 1. The SMILES string of the molecule is C=Cc1ccc(N(c2ccc(C)cc2)c2cc(N(c3ccc(C)cc3)c3ccc(C=C)cc3)cc(-n3c4ccccc4c4ccccc43)c2)cc1. The lowest BCUT2D eigenvalue weighted by Crippen LogP contribution is -2.14. The van der Waals surface area contributed by atoms with Gasteiger partial charge in [-0.05, 0) is 104 Å². The van der Waals surface area contributed by atoms with Gasteiger partial charge in [0.05, 0.1) is 28.1 Å². The smallest absolute Gasteiger partial charge is 0.0541 e. The number of fused-ring (bicyclic) bond motifs is 3. The Kier molecular flexibility index (Phi) is 8.31. The fraction of sp³-hybridized carbons (Fsp3) is 0.0417. The van der Waals surface area contributed by atoms with Gasteiger partial charge in [0, 0.05) is 33.5 Å². The summed E-state index contributed by atoms with van der Waals surface area (Å²) in [5.41, 5.74) is 14.4. The van der Waals surface area contributed by atoms with Gasteiger partial charge in [-0.15, -0.1) is 0 Å². The van der Waals surface area contributed by atoms with Crippen LogP contribution < -0.4 is 9.80 Å². The molecule has 8 rings (SSSR count). The van der Waals surface area contributed by atoms with Crippen molar-refractivity contribution < 1.29 is 0 Å². The molecule has 0 aliphatic heterocycles. The molecule has 51 heavy (non-hydrogen) atoms. The summed E-state index contributed by atoms with van der Waals surface area (Å²) in [7, 11) is 0. The molecule has 0 spiro atoms. The van der Waals surface area contributed by atoms with E-state index in [4.69, 9.17) is 0 Å². The van der Waals surface area contributed by atoms with Gasteiger partial charge >= 0.3 is 0 Å². The normalized spacial score (nSPS) is 11.1. The zero-order valence-corrected chi connectivity index (χ0v) is 29.0. The maximum Gasteiger partial charge on any atom is 0.0541 e. The lowest BCUT2D eigenvalue weighted by atomic mass is 10.1. The molecule has 0 aliphatic rings. The van der Waals surface area contributed by atoms with E-state index in [0.29, 0.717) is 0 Å². The highest BCUT2D eigenvalue weighted by atomic mass is 15.2. The van der Waals surface area contributed by atoms with Crippen LogP contribution in [0.15, 0.2) is 177 Å². The summed E-state index contributed by atoms with van der Waals surface area (Å²) >= 11 is 0. The topological polar surface area (TPSA) is 11.4 Å². The first kappa shape index (κ1) is 31.7. The van der Waals surface area contributed by atoms with Crippen molar-refractivity contribution >= 4 is 68.1 Å². The lowest BCUT2D eigenvalue weighted by molar-refractivity contribution is 1.16. The average molecular weight is 658 g/mol. The van der Waals surface area contributed by atoms with Crippen LogP contribution in [0.4, 0.5) is 34.1 Å². The van der Waals surface area contributed by atoms with Crippen LogP contribution in [0.5, 0.6) is 0 Å². The van der Waals surface area contributed by atoms with E-state index in [2.05, 4.69) is 205 Å². The van der Waals surface area contributed by atoms with Crippen LogP contribution in [0.25, 0.3) is 39.6 Å². The summed E-state index contributed by atoms with van der Waals surface area (Å²) in [6.45, 7) is 12.3. The summed E-state index contributed by atoms with van der Waals surface area (Å²) in [6.07, 6.45) is 3.77. The van der Waals surface area contributed by atoms with Gasteiger partial charge in [-0.1, -0.05) is 121 Å². The van der Waals surface area contributed by atoms with Gasteiger partial charge in [-0.3, -0.25) is 0 Å². The molecular formula is C48H39N3. The number of aryl methyl sites for hydroxylation is 2. The van der Waals surface area contributed by atoms with Gasteiger partial charge in [-0.2, -0.15) is 0 Å². The Morgan fingerprint density at radius 2 is 0.765 bits per heavy atom. The second kappa shape index (κ2) is 13.4. The van der Waals surface area contributed by atoms with Crippen LogP contribution in [0.3, 0.4) is 0 Å². The third kappa shape index (κ3) is 6.00. The number of nitrogens with zero attached hydrogens (tertiary/aromatic N) is 3. The van der Waals surface area contributed by atoms with Crippen molar-refractivity contribution in [3.8, 4) is 5.69 Å². The highest BCUT2D eigenvalue weighted by Gasteiger charge is 2.21. The molecule has 0 saturated carbocycles. The van der Waals surface area contributed by atoms with Gasteiger partial charge in [0.15, 0.2) is 0 Å². The molecule has 0 saturated heterocycles. The molecule has 3 heteroatoms. The van der Waals surface area contributed by atoms with Crippen LogP contribution in [0, 0.1) is 13.8 Å². The molecule has 0 atom stereocenters. The van der Waals surface area contributed by atoms with Crippen molar-refractivity contribution in [3.05, 3.63) is 199 Å². The highest BCUT2D eigenvalue weighted by molar-refractivity contribution is 6.09. The number of anilines is 6. The summed E-state index contributed by atoms with van der Waals surface area (Å²) in [4.78, 5) is 4.70. The zero-order valence-electron chi connectivity index (χ0n) is 29.0. The van der Waals surface area contributed by atoms with Crippen molar-refractivity contribution in [2.24, 2.45) is 0 Å². The van der Waals surface area contributed by atoms with Gasteiger partial charge in [-0.25, -0.2) is 0 Å². The van der Waals surface area contributed by atoms with Crippen molar-refractivity contribution in [1.82, 2.24) is 4.57 Å². The molecule has 0 N–H and O–H groups in total. The van der Waals surface area contributed by atoms with E-state index >= 15 is 0 Å². The molecule has 0 amide bonds. The Bertz CT molecular complexity index is 2330. The van der Waals surface area contributed by atoms with E-state index in [-0.39, 0.29) is 0 Å². The largest absolute Gasteiger partial charge is 0.310 e. The molecule has 0 fully saturated rings. The Labute approximate surface area is 300 Å². The molecule has 3 nitrogen and oxygen atoms in total. The molecule has 7 aromatic carbocycles. The van der Waals surface area contributed by atoms with Crippen LogP contribution in [-0.2, 0) is 0 Å². The molecule has 8 aromatic rings. The zero-order chi connectivity index (χ0) is 34.9. The summed E-state index contributed by atoms with van der Waals surface area (Å²) < 4.78 is 2.40. The maximum atomic E-state index is 4.00. The minimum Gasteiger partial charge on any atom is -0.310 e. The number of benzene rings is 7. The number of hydrogen-bond donors (Lipinski definition) is 0. The minimum atomic E-state index is 1.04. The molecule has 1 aromatic heterocycles. The van der Waals surface area contributed by atoms with E-state index < -0.39 is 0 Å². The highest BCUT2D eigenvalue weighted by Crippen LogP contribution is 2.43. The van der Waals surface area contributed by atoms with Crippen LogP contribution in [-0.4, -0.2) is 4.57 Å². The summed E-state index contributed by atoms with van der Waals surface area (Å²) in [6, 6.07) is 59.1. The van der Waals surface area contributed by atoms with Gasteiger partial charge in [0.1, 0.15) is 0 Å². The van der Waals surface area contributed by atoms with E-state index in [1.54, 1.807) is 0 Å². The number of hydrogen-bond acceptors (Lipinski definition) is 2. The Hall–Kier alpha value is -6.58. The molecular weight excluding hydrogens is 619 g/mol. The third-order valence-corrected chi connectivity index (χ3v) is 9.60. The van der Waals surface area contributed by atoms with Crippen molar-refractivity contribution in [2.75, 3.05) is 9.80 Å². The van der Waals surface area contributed by atoms with Gasteiger partial charge < -0.3 is 14.4 Å². The molecule has 0 unspecified atom stereocenters. The maximum absolute atomic E-state index is 4.00. The van der Waals surface area contributed by atoms with E-state index in [9.17, 15) is 0 Å². The van der Waals surface area contributed by atoms with E-state index in [1.165, 1.54) is 21.9 Å². The summed E-state index contributed by atoms with van der Waals surface area (Å²) in [5, 5.41) is 2.46. The Morgan fingerprint density at radius 3 is 1.14 bits per heavy atom. The molecule has 0 bridgehead atoms. The van der Waals surface area contributed by atoms with E-state index in [1.807, 2.05) is 12.2 Å². The Morgan fingerprint density at radius 1 is 0.412 bits per heavy atom. The minimum absolute atomic E-state index is 1.04. The average Bonchev–Trinajstić information content (AvgIpc) is 3.51.